The van der Waals surface area contributed by atoms with E-state index in [1.54, 1.807) is 17.6 Å². The molecule has 31 nitrogen and oxygen atoms in total. The number of aryl methyl sites for hydroxylation is 1. The summed E-state index contributed by atoms with van der Waals surface area (Å²) in [6.45, 7) is 40.8. The molecule has 5 aromatic rings. The van der Waals surface area contributed by atoms with E-state index in [1.807, 2.05) is 91.8 Å². The van der Waals surface area contributed by atoms with E-state index in [0.717, 1.165) is 115 Å². The van der Waals surface area contributed by atoms with Crippen molar-refractivity contribution in [3.8, 4) is 28.3 Å². The lowest BCUT2D eigenvalue weighted by Gasteiger charge is -2.36. The molecule has 3 aliphatic rings. The number of hydrogen-bond acceptors (Lipinski definition) is 25. The molecule has 7 atom stereocenters. The van der Waals surface area contributed by atoms with Crippen molar-refractivity contribution < 1.29 is 91.0 Å². The quantitative estimate of drug-likeness (QED) is 0.00247. The van der Waals surface area contributed by atoms with Gasteiger partial charge in [0.05, 0.1) is 85.9 Å². The number of Topliss-reactive ketones (excluding diaryl/α,β-unsaturated/α-hetero) is 2. The molecule has 8 rings (SSSR count). The molecular weight excluding hydrogens is 1720 g/mol. The maximum atomic E-state index is 13.7. The lowest BCUT2D eigenvalue weighted by atomic mass is 9.85. The second-order valence-electron chi connectivity index (χ2n) is 35.2. The van der Waals surface area contributed by atoms with Crippen LogP contribution in [0.4, 0.5) is 4.79 Å². The Morgan fingerprint density at radius 1 is 0.712 bits per heavy atom. The van der Waals surface area contributed by atoms with Crippen LogP contribution in [-0.4, -0.2) is 208 Å². The number of nitrogens with two attached hydrogens (primary N) is 2. The summed E-state index contributed by atoms with van der Waals surface area (Å²) in [6, 6.07) is 22.8. The Balaban J connectivity index is 0.000000597. The average molecular weight is 1890 g/mol. The predicted molar refractivity (Wildman–Crippen MR) is 525 cm³/mol. The van der Waals surface area contributed by atoms with Gasteiger partial charge in [-0.15, -0.1) is 0 Å². The highest BCUT2D eigenvalue weighted by atomic mass is 35.5. The smallest absolute Gasteiger partial charge is 0.405 e. The number of hydrogen-bond donors (Lipinski definition) is 11. The Morgan fingerprint density at radius 2 is 1.26 bits per heavy atom. The summed E-state index contributed by atoms with van der Waals surface area (Å²) in [5.41, 5.74) is 25.4. The molecule has 33 heteroatoms. The van der Waals surface area contributed by atoms with E-state index in [9.17, 15) is 53.4 Å². The van der Waals surface area contributed by atoms with E-state index < -0.39 is 55.1 Å². The molecule has 0 spiro atoms. The van der Waals surface area contributed by atoms with Gasteiger partial charge in [0.1, 0.15) is 32.2 Å². The number of pyridine rings is 2. The largest absolute Gasteiger partial charge is 0.543 e. The van der Waals surface area contributed by atoms with Gasteiger partial charge in [-0.25, -0.2) is 14.6 Å². The minimum absolute atomic E-state index is 0.00936. The standard InChI is InChI=1S/C29H33ClN2O6Si.C24H29NO4.C23H43N5O6.C13H29N3O2.C5H13NO.C3H8.C2H6/c1-8-17-18-12-16(38-39(6,7)28(3,4)5)10-11-22(18)31-24-19(17)14-32-23(24)13-21-20(25(32)33)15-36-26(34)29(21,9-2)37-27(30)35;1-2-25-14-8-7-9-17(24(27)28)15-23(26)29-16-22-20-12-5-3-10-18(20)19-11-4-6-13-21(19)22;1-4-25-10-6-5-8-19(23(32)27-22(15-29)18(2)3)14-21(31)17-34-16-20(30)9-7-12-33-13-11-26-28-24;1-4-15-8-6-5-7-11(14)13(18)16-12(9-17)10(2)3;1-4(2)5(6)3-7;1-3-2;1-2/h10-13H,8-9,14-15H2,1-7H3;3-6,10-13,17,22,25H,2,7-9,14-16H2,1H3,(H,27,28);18-19,22,25,29H,4-17H2,1-3H3,(H,27,32);10-12,15,17H,4-9,14H2,1-3H3,(H,16,18);4-5,7H,3,6H2,1-2H3;3H2,1-2H3;1-2H3/i;3*1T;;;. The maximum absolute atomic E-state index is 13.7. The molecule has 1 aliphatic carbocycles. The van der Waals surface area contributed by atoms with Gasteiger partial charge in [-0.1, -0.05) is 204 Å². The number of fused-ring (bicyclic) bond motifs is 8. The van der Waals surface area contributed by atoms with Crippen LogP contribution >= 0.6 is 11.6 Å². The van der Waals surface area contributed by atoms with Crippen molar-refractivity contribution in [2.24, 2.45) is 46.2 Å². The number of unbranched alkanes of at least 4 members (excludes halogenated alkanes) is 3. The third-order valence-corrected chi connectivity index (χ3v) is 27.6. The van der Waals surface area contributed by atoms with Crippen molar-refractivity contribution in [1.82, 2.24) is 36.1 Å². The number of carboxylic acids is 1. The van der Waals surface area contributed by atoms with Crippen LogP contribution in [0.1, 0.15) is 264 Å². The van der Waals surface area contributed by atoms with Gasteiger partial charge in [0.2, 0.25) is 25.7 Å². The van der Waals surface area contributed by atoms with Crippen molar-refractivity contribution in [1.29, 1.82) is 0 Å². The molecule has 7 unspecified atom stereocenters. The van der Waals surface area contributed by atoms with Crippen LogP contribution in [0.2, 0.25) is 18.1 Å². The molecule has 3 aromatic carbocycles. The van der Waals surface area contributed by atoms with Gasteiger partial charge in [0.15, 0.2) is 11.6 Å². The fourth-order valence-electron chi connectivity index (χ4n) is 14.2. The van der Waals surface area contributed by atoms with Gasteiger partial charge >= 0.3 is 23.3 Å². The molecule has 132 heavy (non-hydrogen) atoms. The van der Waals surface area contributed by atoms with Crippen molar-refractivity contribution in [2.75, 3.05) is 98.7 Å². The summed E-state index contributed by atoms with van der Waals surface area (Å²) in [7, 11) is -2.04. The number of benzene rings is 3. The molecule has 2 aromatic heterocycles. The number of esters is 2. The molecule has 0 saturated carbocycles. The first kappa shape index (κ1) is 114. The summed E-state index contributed by atoms with van der Waals surface area (Å²) in [5, 5.41) is 55.9. The number of aliphatic carboxylic acids is 1. The van der Waals surface area contributed by atoms with E-state index >= 15 is 0 Å². The van der Waals surface area contributed by atoms with Gasteiger partial charge in [-0.05, 0) is 191 Å². The van der Waals surface area contributed by atoms with Crippen LogP contribution in [0.25, 0.3) is 43.9 Å². The third kappa shape index (κ3) is 39.8. The molecule has 0 saturated heterocycles. The SMILES string of the molecule is CC.CC(C)C(N)CO.CCC.CCc1c2c(nc3ccc(O[Si](C)(C)C(C)(C)C)cc13)-c1cc3c(c(=O)n1C2)COC(=O)C3(CC)OC(=O)Cl.[3H]CCNCCCCC(CC(=O)COCC(=O)CCCOCCN=[N+]=[N-])C(=O)NC(CO)C(C)C.[3H]CCNCCCCC(CC(=O)OCC1c2ccccc2-c2ccccc21)C(=O)O.[3H]CCNCCCCC(N)C(=O)NC(CO)C(C)C. The lowest BCUT2D eigenvalue weighted by molar-refractivity contribution is -0.171. The summed E-state index contributed by atoms with van der Waals surface area (Å²) in [6.07, 6.45) is 9.28. The minimum Gasteiger partial charge on any atom is -0.543 e. The summed E-state index contributed by atoms with van der Waals surface area (Å²) in [4.78, 5) is 119. The second kappa shape index (κ2) is 64.4. The van der Waals surface area contributed by atoms with Crippen molar-refractivity contribution >= 4 is 77.5 Å². The van der Waals surface area contributed by atoms with Crippen LogP contribution in [0.15, 0.2) is 82.7 Å². The van der Waals surface area contributed by atoms with Crippen molar-refractivity contribution in [3.63, 3.8) is 0 Å². The number of aliphatic hydroxyl groups is 3. The van der Waals surface area contributed by atoms with E-state index in [2.05, 4.69) is 122 Å². The maximum Gasteiger partial charge on any atom is 0.405 e. The number of aromatic nitrogens is 2. The van der Waals surface area contributed by atoms with Gasteiger partial charge in [0, 0.05) is 81.0 Å². The monoisotopic (exact) mass is 1890 g/mol. The second-order valence-corrected chi connectivity index (χ2v) is 40.3. The Labute approximate surface area is 794 Å². The van der Waals surface area contributed by atoms with Crippen LogP contribution in [0.3, 0.4) is 0 Å². The summed E-state index contributed by atoms with van der Waals surface area (Å²) >= 11 is 5.56. The summed E-state index contributed by atoms with van der Waals surface area (Å²) in [5.74, 6) is -2.83. The first-order valence-corrected chi connectivity index (χ1v) is 50.3. The van der Waals surface area contributed by atoms with E-state index in [-0.39, 0.29) is 154 Å². The Bertz CT molecular complexity index is 4460. The van der Waals surface area contributed by atoms with E-state index in [1.165, 1.54) is 6.42 Å². The molecule has 0 radical (unpaired) electrons. The highest BCUT2D eigenvalue weighted by molar-refractivity contribution is 6.74. The first-order valence-electron chi connectivity index (χ1n) is 49.1. The number of cyclic esters (lactones) is 1. The molecular formula is C99H161ClN12O19Si. The van der Waals surface area contributed by atoms with Crippen LogP contribution in [0.5, 0.6) is 5.75 Å². The Kier molecular flexibility index (Phi) is 55.5. The fourth-order valence-corrected chi connectivity index (χ4v) is 15.4. The zero-order valence-electron chi connectivity index (χ0n) is 84.8. The number of rotatable bonds is 51. The van der Waals surface area contributed by atoms with E-state index in [0.29, 0.717) is 109 Å². The lowest BCUT2D eigenvalue weighted by Crippen LogP contribution is -2.48. The number of ether oxygens (including phenoxy) is 5. The number of halogens is 1. The minimum atomic E-state index is -2.04. The zero-order valence-corrected chi connectivity index (χ0v) is 83.6. The van der Waals surface area contributed by atoms with E-state index in [4.69, 9.17) is 76.0 Å². The molecule has 0 fully saturated rings. The summed E-state index contributed by atoms with van der Waals surface area (Å²) < 4.78 is 56.1. The average Bonchev–Trinajstić information content (AvgIpc) is 1.64. The number of nitrogens with one attached hydrogen (secondary N) is 5. The highest BCUT2D eigenvalue weighted by Crippen LogP contribution is 2.46. The van der Waals surface area contributed by atoms with Crippen LogP contribution < -0.4 is 48.0 Å². The van der Waals surface area contributed by atoms with Gasteiger partial charge in [-0.3, -0.25) is 33.6 Å². The Hall–Kier alpha value is -8.60. The zero-order chi connectivity index (χ0) is 101. The molecule has 13 N–H and O–H groups in total. The van der Waals surface area contributed by atoms with Gasteiger partial charge in [0.25, 0.3) is 5.56 Å². The number of aliphatic hydroxyl groups excluding tert-OH is 3. The fraction of sp³-hybridized carbons (Fsp3) is 0.657. The van der Waals surface area contributed by atoms with Crippen molar-refractivity contribution in [3.05, 3.63) is 127 Å². The number of nitrogens with zero attached hydrogens (tertiary/aromatic N) is 5. The van der Waals surface area contributed by atoms with Crippen molar-refractivity contribution in [2.45, 2.75) is 294 Å². The number of carbonyl (C=O) groups excluding carboxylic acids is 7. The molecule has 742 valence electrons. The number of carboxylic acid groups (broad SMARTS) is 1. The normalized spacial score (nSPS) is 14.9. The van der Waals surface area contributed by atoms with Crippen LogP contribution in [-0.2, 0) is 82.4 Å². The van der Waals surface area contributed by atoms with Gasteiger partial charge < -0.3 is 91.2 Å². The number of carbonyl (C=O) groups is 8. The number of amides is 2. The number of azide groups is 1. The predicted octanol–water partition coefficient (Wildman–Crippen LogP) is 15.4. The number of ketones is 2. The first-order chi connectivity index (χ1) is 64.3. The molecule has 4 heterocycles. The molecule has 0 bridgehead atoms. The van der Waals surface area contributed by atoms with Gasteiger partial charge in [-0.2, -0.15) is 0 Å². The molecule has 2 aliphatic heterocycles. The topological polar surface area (TPSA) is 469 Å². The molecule has 2 amide bonds. The van der Waals surface area contributed by atoms with Crippen LogP contribution in [0, 0.1) is 29.6 Å². The highest BCUT2D eigenvalue weighted by Gasteiger charge is 2.51. The Morgan fingerprint density at radius 3 is 1.75 bits per heavy atom. The third-order valence-electron chi connectivity index (χ3n) is 23.2.